The fourth-order valence-corrected chi connectivity index (χ4v) is 1.89. The second kappa shape index (κ2) is 4.96. The molecule has 0 saturated carbocycles. The highest BCUT2D eigenvalue weighted by Gasteiger charge is 2.16. The third-order valence-corrected chi connectivity index (χ3v) is 4.09. The number of hydrogen-bond acceptors (Lipinski definition) is 3. The summed E-state index contributed by atoms with van der Waals surface area (Å²) in [6.07, 6.45) is 1.60. The van der Waals surface area contributed by atoms with Gasteiger partial charge in [-0.3, -0.25) is 0 Å². The van der Waals surface area contributed by atoms with Crippen molar-refractivity contribution < 1.29 is 8.42 Å². The zero-order valence-corrected chi connectivity index (χ0v) is 9.65. The Morgan fingerprint density at radius 2 is 1.85 bits per heavy atom. The molecular weight excluding hydrogens is 186 g/mol. The molecule has 0 heterocycles. The van der Waals surface area contributed by atoms with Gasteiger partial charge in [0.05, 0.1) is 5.75 Å². The minimum absolute atomic E-state index is 0.0727. The Labute approximate surface area is 81.6 Å². The van der Waals surface area contributed by atoms with Crippen molar-refractivity contribution in [3.05, 3.63) is 0 Å². The molecule has 0 amide bonds. The van der Waals surface area contributed by atoms with E-state index in [1.807, 2.05) is 0 Å². The molecule has 0 fully saturated rings. The van der Waals surface area contributed by atoms with Crippen molar-refractivity contribution in [2.24, 2.45) is 11.1 Å². The minimum Gasteiger partial charge on any atom is -0.330 e. The molecule has 0 spiro atoms. The van der Waals surface area contributed by atoms with Crippen LogP contribution in [0.1, 0.15) is 33.6 Å². The summed E-state index contributed by atoms with van der Waals surface area (Å²) >= 11 is 0. The number of rotatable bonds is 6. The molecule has 80 valence electrons. The lowest BCUT2D eigenvalue weighted by molar-refractivity contribution is 0.344. The van der Waals surface area contributed by atoms with Gasteiger partial charge in [-0.25, -0.2) is 8.42 Å². The summed E-state index contributed by atoms with van der Waals surface area (Å²) in [4.78, 5) is 0. The van der Waals surface area contributed by atoms with Gasteiger partial charge in [0.25, 0.3) is 0 Å². The van der Waals surface area contributed by atoms with Gasteiger partial charge in [-0.05, 0) is 24.8 Å². The fourth-order valence-electron chi connectivity index (χ4n) is 1.02. The van der Waals surface area contributed by atoms with Crippen LogP contribution in [0.3, 0.4) is 0 Å². The first-order valence-electron chi connectivity index (χ1n) is 4.73. The van der Waals surface area contributed by atoms with E-state index >= 15 is 0 Å². The highest BCUT2D eigenvalue weighted by atomic mass is 32.2. The molecule has 0 rings (SSSR count). The standard InChI is InChI=1S/C9H21NO2S/c1-4-13(11,12)7-5-6-9(2,3)8-10/h4-8,10H2,1-3H3. The predicted molar refractivity (Wildman–Crippen MR) is 56.4 cm³/mol. The van der Waals surface area contributed by atoms with Crippen LogP contribution in [0.15, 0.2) is 0 Å². The first-order valence-corrected chi connectivity index (χ1v) is 6.55. The number of sulfone groups is 1. The maximum Gasteiger partial charge on any atom is 0.150 e. The van der Waals surface area contributed by atoms with E-state index in [0.29, 0.717) is 12.3 Å². The van der Waals surface area contributed by atoms with Gasteiger partial charge in [0.2, 0.25) is 0 Å². The summed E-state index contributed by atoms with van der Waals surface area (Å²) in [7, 11) is -2.79. The largest absolute Gasteiger partial charge is 0.330 e. The zero-order valence-electron chi connectivity index (χ0n) is 8.84. The summed E-state index contributed by atoms with van der Waals surface area (Å²) in [5.41, 5.74) is 5.61. The van der Waals surface area contributed by atoms with E-state index in [0.717, 1.165) is 12.8 Å². The van der Waals surface area contributed by atoms with Crippen LogP contribution >= 0.6 is 0 Å². The molecular formula is C9H21NO2S. The van der Waals surface area contributed by atoms with Crippen LogP contribution in [0.4, 0.5) is 0 Å². The average Bonchev–Trinajstić information content (AvgIpc) is 2.04. The zero-order chi connectivity index (χ0) is 10.5. The van der Waals surface area contributed by atoms with Crippen LogP contribution in [0.5, 0.6) is 0 Å². The van der Waals surface area contributed by atoms with Gasteiger partial charge in [-0.15, -0.1) is 0 Å². The van der Waals surface area contributed by atoms with Gasteiger partial charge in [0, 0.05) is 5.75 Å². The topological polar surface area (TPSA) is 60.2 Å². The van der Waals surface area contributed by atoms with E-state index in [4.69, 9.17) is 5.73 Å². The van der Waals surface area contributed by atoms with Crippen molar-refractivity contribution in [2.75, 3.05) is 18.1 Å². The van der Waals surface area contributed by atoms with E-state index in [1.165, 1.54) is 0 Å². The van der Waals surface area contributed by atoms with Crippen molar-refractivity contribution in [3.63, 3.8) is 0 Å². The van der Waals surface area contributed by atoms with Crippen LogP contribution in [0.25, 0.3) is 0 Å². The molecule has 0 aliphatic carbocycles. The summed E-state index contributed by atoms with van der Waals surface area (Å²) in [6.45, 7) is 6.42. The second-order valence-corrected chi connectivity index (χ2v) is 6.68. The molecule has 13 heavy (non-hydrogen) atoms. The molecule has 0 bridgehead atoms. The lowest BCUT2D eigenvalue weighted by Gasteiger charge is -2.21. The van der Waals surface area contributed by atoms with Gasteiger partial charge in [0.1, 0.15) is 9.84 Å². The minimum atomic E-state index is -2.79. The normalized spacial score (nSPS) is 13.2. The van der Waals surface area contributed by atoms with Gasteiger partial charge < -0.3 is 5.73 Å². The van der Waals surface area contributed by atoms with E-state index in [-0.39, 0.29) is 11.2 Å². The predicted octanol–water partition coefficient (Wildman–Crippen LogP) is 1.19. The Hall–Kier alpha value is -0.0900. The van der Waals surface area contributed by atoms with Gasteiger partial charge in [-0.1, -0.05) is 20.8 Å². The third kappa shape index (κ3) is 6.05. The molecule has 0 aromatic carbocycles. The van der Waals surface area contributed by atoms with E-state index in [1.54, 1.807) is 6.92 Å². The average molecular weight is 207 g/mol. The van der Waals surface area contributed by atoms with Crippen molar-refractivity contribution in [1.29, 1.82) is 0 Å². The van der Waals surface area contributed by atoms with Crippen LogP contribution in [-0.2, 0) is 9.84 Å². The summed E-state index contributed by atoms with van der Waals surface area (Å²) in [5.74, 6) is 0.545. The molecule has 2 N–H and O–H groups in total. The molecule has 0 unspecified atom stereocenters. The van der Waals surface area contributed by atoms with Crippen molar-refractivity contribution in [1.82, 2.24) is 0 Å². The monoisotopic (exact) mass is 207 g/mol. The summed E-state index contributed by atoms with van der Waals surface area (Å²) < 4.78 is 22.3. The molecule has 0 aromatic rings. The van der Waals surface area contributed by atoms with E-state index < -0.39 is 9.84 Å². The van der Waals surface area contributed by atoms with Gasteiger partial charge >= 0.3 is 0 Å². The first kappa shape index (κ1) is 12.9. The smallest absolute Gasteiger partial charge is 0.150 e. The fraction of sp³-hybridized carbons (Fsp3) is 1.00. The summed E-state index contributed by atoms with van der Waals surface area (Å²) in [5, 5.41) is 0. The molecule has 0 atom stereocenters. The highest BCUT2D eigenvalue weighted by molar-refractivity contribution is 7.91. The first-order chi connectivity index (χ1) is 5.83. The molecule has 0 saturated heterocycles. The van der Waals surface area contributed by atoms with E-state index in [9.17, 15) is 8.42 Å². The quantitative estimate of drug-likeness (QED) is 0.711. The molecule has 4 heteroatoms. The Morgan fingerprint density at radius 1 is 1.31 bits per heavy atom. The molecule has 0 aromatic heterocycles. The molecule has 0 radical (unpaired) electrons. The maximum absolute atomic E-state index is 11.1. The van der Waals surface area contributed by atoms with Gasteiger partial charge in [-0.2, -0.15) is 0 Å². The molecule has 0 aliphatic rings. The molecule has 3 nitrogen and oxygen atoms in total. The summed E-state index contributed by atoms with van der Waals surface area (Å²) in [6, 6.07) is 0. The van der Waals surface area contributed by atoms with Crippen LogP contribution in [0.2, 0.25) is 0 Å². The van der Waals surface area contributed by atoms with Crippen LogP contribution in [-0.4, -0.2) is 26.5 Å². The van der Waals surface area contributed by atoms with Gasteiger partial charge in [0.15, 0.2) is 0 Å². The van der Waals surface area contributed by atoms with Crippen LogP contribution in [0, 0.1) is 5.41 Å². The second-order valence-electron chi connectivity index (χ2n) is 4.21. The lowest BCUT2D eigenvalue weighted by atomic mass is 9.88. The third-order valence-electron chi connectivity index (χ3n) is 2.30. The Balaban J connectivity index is 3.81. The number of nitrogens with two attached hydrogens (primary N) is 1. The SMILES string of the molecule is CCS(=O)(=O)CCCC(C)(C)CN. The van der Waals surface area contributed by atoms with Crippen molar-refractivity contribution in [2.45, 2.75) is 33.6 Å². The van der Waals surface area contributed by atoms with E-state index in [2.05, 4.69) is 13.8 Å². The highest BCUT2D eigenvalue weighted by Crippen LogP contribution is 2.20. The number of hydrogen-bond donors (Lipinski definition) is 1. The Morgan fingerprint density at radius 3 is 2.23 bits per heavy atom. The Kier molecular flexibility index (Phi) is 4.92. The van der Waals surface area contributed by atoms with Crippen LogP contribution < -0.4 is 5.73 Å². The lowest BCUT2D eigenvalue weighted by Crippen LogP contribution is -2.24. The Bertz CT molecular complexity index is 232. The van der Waals surface area contributed by atoms with Crippen molar-refractivity contribution in [3.8, 4) is 0 Å². The molecule has 0 aliphatic heterocycles. The van der Waals surface area contributed by atoms with Crippen molar-refractivity contribution >= 4 is 9.84 Å². The maximum atomic E-state index is 11.1.